The Labute approximate surface area is 187 Å². The molecule has 2 amide bonds. The number of amides is 2. The minimum Gasteiger partial charge on any atom is -0.493 e. The molecule has 0 fully saturated rings. The van der Waals surface area contributed by atoms with Crippen molar-refractivity contribution in [3.63, 3.8) is 0 Å². The van der Waals surface area contributed by atoms with Gasteiger partial charge in [-0.1, -0.05) is 15.9 Å². The molecule has 0 spiro atoms. The van der Waals surface area contributed by atoms with Crippen molar-refractivity contribution in [3.8, 4) is 22.9 Å². The maximum atomic E-state index is 12.6. The monoisotopic (exact) mass is 488 g/mol. The van der Waals surface area contributed by atoms with E-state index in [9.17, 15) is 9.59 Å². The number of nitrogens with one attached hydrogen (secondary N) is 2. The number of carbonyl (C=O) groups is 2. The van der Waals surface area contributed by atoms with Gasteiger partial charge in [-0.2, -0.15) is 5.10 Å². The first-order valence-electron chi connectivity index (χ1n) is 9.10. The Hall–Kier alpha value is -3.53. The summed E-state index contributed by atoms with van der Waals surface area (Å²) in [6, 6.07) is 10.5. The Balaban J connectivity index is 1.74. The average molecular weight is 489 g/mol. The Bertz CT molecular complexity index is 1090. The van der Waals surface area contributed by atoms with Crippen LogP contribution in [0.4, 0.5) is 0 Å². The molecular formula is C21H21BrN4O5. The molecule has 0 bridgehead atoms. The maximum absolute atomic E-state index is 12.6. The van der Waals surface area contributed by atoms with Crippen molar-refractivity contribution < 1.29 is 23.8 Å². The molecule has 0 saturated carbocycles. The summed E-state index contributed by atoms with van der Waals surface area (Å²) >= 11 is 3.39. The van der Waals surface area contributed by atoms with Gasteiger partial charge in [0, 0.05) is 10.0 Å². The fourth-order valence-corrected chi connectivity index (χ4v) is 3.20. The van der Waals surface area contributed by atoms with Crippen LogP contribution in [-0.4, -0.2) is 42.9 Å². The summed E-state index contributed by atoms with van der Waals surface area (Å²) in [5.41, 5.74) is 6.77. The number of ether oxygens (including phenoxy) is 3. The van der Waals surface area contributed by atoms with Gasteiger partial charge in [0.25, 0.3) is 11.8 Å². The number of hydrogen-bond acceptors (Lipinski definition) is 6. The molecule has 2 N–H and O–H groups in total. The molecule has 0 aliphatic heterocycles. The predicted molar refractivity (Wildman–Crippen MR) is 117 cm³/mol. The molecule has 0 aliphatic rings. The molecule has 0 aliphatic carbocycles. The highest BCUT2D eigenvalue weighted by Gasteiger charge is 2.19. The zero-order valence-electron chi connectivity index (χ0n) is 17.4. The molecule has 1 aromatic heterocycles. The van der Waals surface area contributed by atoms with Crippen LogP contribution in [0.15, 0.2) is 47.1 Å². The van der Waals surface area contributed by atoms with Gasteiger partial charge in [0.05, 0.1) is 44.5 Å². The van der Waals surface area contributed by atoms with Gasteiger partial charge >= 0.3 is 0 Å². The van der Waals surface area contributed by atoms with E-state index in [4.69, 9.17) is 14.2 Å². The van der Waals surface area contributed by atoms with Gasteiger partial charge in [-0.3, -0.25) is 20.4 Å². The maximum Gasteiger partial charge on any atom is 0.273 e. The van der Waals surface area contributed by atoms with E-state index in [0.29, 0.717) is 28.5 Å². The van der Waals surface area contributed by atoms with Gasteiger partial charge in [0.2, 0.25) is 5.75 Å². The highest BCUT2D eigenvalue weighted by molar-refractivity contribution is 9.10. The number of hydrazine groups is 1. The lowest BCUT2D eigenvalue weighted by Gasteiger charge is -2.14. The molecular weight excluding hydrogens is 468 g/mol. The van der Waals surface area contributed by atoms with Gasteiger partial charge in [0.1, 0.15) is 0 Å². The lowest BCUT2D eigenvalue weighted by molar-refractivity contribution is 0.0846. The molecule has 0 saturated heterocycles. The molecule has 3 rings (SSSR count). The molecule has 10 heteroatoms. The van der Waals surface area contributed by atoms with Crippen LogP contribution in [0, 0.1) is 6.92 Å². The normalized spacial score (nSPS) is 10.4. The van der Waals surface area contributed by atoms with Crippen LogP contribution in [0.25, 0.3) is 5.69 Å². The number of aromatic nitrogens is 2. The van der Waals surface area contributed by atoms with Gasteiger partial charge in [-0.25, -0.2) is 4.68 Å². The first-order valence-corrected chi connectivity index (χ1v) is 9.90. The van der Waals surface area contributed by atoms with E-state index < -0.39 is 11.8 Å². The van der Waals surface area contributed by atoms with Crippen LogP contribution in [0.1, 0.15) is 26.4 Å². The van der Waals surface area contributed by atoms with E-state index >= 15 is 0 Å². The van der Waals surface area contributed by atoms with Gasteiger partial charge in [-0.15, -0.1) is 0 Å². The van der Waals surface area contributed by atoms with Crippen LogP contribution < -0.4 is 25.1 Å². The SMILES string of the molecule is COc1cc(C(=O)NNC(=O)c2cnn(-c3ccc(Br)cc3)c2C)cc(OC)c1OC. The van der Waals surface area contributed by atoms with E-state index in [-0.39, 0.29) is 5.56 Å². The molecule has 0 unspecified atom stereocenters. The summed E-state index contributed by atoms with van der Waals surface area (Å²) in [7, 11) is 4.37. The van der Waals surface area contributed by atoms with Gasteiger partial charge in [-0.05, 0) is 43.3 Å². The summed E-state index contributed by atoms with van der Waals surface area (Å²) < 4.78 is 18.3. The Morgan fingerprint density at radius 2 is 1.52 bits per heavy atom. The number of halogens is 1. The third-order valence-corrected chi connectivity index (χ3v) is 5.07. The van der Waals surface area contributed by atoms with Crippen LogP contribution >= 0.6 is 15.9 Å². The second-order valence-corrected chi connectivity index (χ2v) is 7.27. The number of nitrogens with zero attached hydrogens (tertiary/aromatic N) is 2. The minimum absolute atomic E-state index is 0.220. The highest BCUT2D eigenvalue weighted by Crippen LogP contribution is 2.38. The highest BCUT2D eigenvalue weighted by atomic mass is 79.9. The number of carbonyl (C=O) groups excluding carboxylic acids is 2. The van der Waals surface area contributed by atoms with Gasteiger partial charge < -0.3 is 14.2 Å². The topological polar surface area (TPSA) is 104 Å². The molecule has 3 aromatic rings. The molecule has 2 aromatic carbocycles. The largest absolute Gasteiger partial charge is 0.493 e. The quantitative estimate of drug-likeness (QED) is 0.516. The van der Waals surface area contributed by atoms with E-state index in [1.165, 1.54) is 39.7 Å². The third-order valence-electron chi connectivity index (χ3n) is 4.54. The van der Waals surface area contributed by atoms with E-state index in [0.717, 1.165) is 10.2 Å². The minimum atomic E-state index is -0.550. The zero-order chi connectivity index (χ0) is 22.5. The van der Waals surface area contributed by atoms with E-state index in [2.05, 4.69) is 31.9 Å². The van der Waals surface area contributed by atoms with Crippen LogP contribution in [-0.2, 0) is 0 Å². The summed E-state index contributed by atoms with van der Waals surface area (Å²) in [4.78, 5) is 25.1. The molecule has 0 atom stereocenters. The summed E-state index contributed by atoms with van der Waals surface area (Å²) in [6.07, 6.45) is 1.44. The van der Waals surface area contributed by atoms with Crippen molar-refractivity contribution in [2.24, 2.45) is 0 Å². The fraction of sp³-hybridized carbons (Fsp3) is 0.190. The molecule has 1 heterocycles. The lowest BCUT2D eigenvalue weighted by Crippen LogP contribution is -2.41. The molecule has 31 heavy (non-hydrogen) atoms. The molecule has 0 radical (unpaired) electrons. The number of benzene rings is 2. The predicted octanol–water partition coefficient (Wildman–Crippen LogP) is 3.04. The fourth-order valence-electron chi connectivity index (χ4n) is 2.94. The smallest absolute Gasteiger partial charge is 0.273 e. The Kier molecular flexibility index (Phi) is 6.81. The molecule has 162 valence electrons. The second-order valence-electron chi connectivity index (χ2n) is 6.35. The van der Waals surface area contributed by atoms with Crippen molar-refractivity contribution in [1.82, 2.24) is 20.6 Å². The third kappa shape index (κ3) is 4.64. The van der Waals surface area contributed by atoms with Crippen LogP contribution in [0.2, 0.25) is 0 Å². The Morgan fingerprint density at radius 1 is 0.935 bits per heavy atom. The first kappa shape index (κ1) is 22.2. The second kappa shape index (κ2) is 9.52. The van der Waals surface area contributed by atoms with Crippen molar-refractivity contribution >= 4 is 27.7 Å². The lowest BCUT2D eigenvalue weighted by atomic mass is 10.1. The Morgan fingerprint density at radius 3 is 2.06 bits per heavy atom. The van der Waals surface area contributed by atoms with E-state index in [1.807, 2.05) is 24.3 Å². The van der Waals surface area contributed by atoms with Crippen LogP contribution in [0.3, 0.4) is 0 Å². The molecule has 9 nitrogen and oxygen atoms in total. The number of hydrogen-bond donors (Lipinski definition) is 2. The van der Waals surface area contributed by atoms with Gasteiger partial charge in [0.15, 0.2) is 11.5 Å². The van der Waals surface area contributed by atoms with Crippen molar-refractivity contribution in [2.45, 2.75) is 6.92 Å². The standard InChI is InChI=1S/C21H21BrN4O5/c1-12-16(11-23-26(12)15-7-5-14(22)6-8-15)21(28)25-24-20(27)13-9-17(29-2)19(31-4)18(10-13)30-3/h5-11H,1-4H3,(H,24,27)(H,25,28). The summed E-state index contributed by atoms with van der Waals surface area (Å²) in [6.45, 7) is 1.77. The summed E-state index contributed by atoms with van der Waals surface area (Å²) in [5, 5.41) is 4.27. The first-order chi connectivity index (χ1) is 14.9. The van der Waals surface area contributed by atoms with Crippen LogP contribution in [0.5, 0.6) is 17.2 Å². The van der Waals surface area contributed by atoms with E-state index in [1.54, 1.807) is 11.6 Å². The number of methoxy groups -OCH3 is 3. The average Bonchev–Trinajstić information content (AvgIpc) is 3.17. The van der Waals surface area contributed by atoms with Crippen molar-refractivity contribution in [3.05, 3.63) is 63.9 Å². The van der Waals surface area contributed by atoms with Crippen molar-refractivity contribution in [1.29, 1.82) is 0 Å². The van der Waals surface area contributed by atoms with Crippen molar-refractivity contribution in [2.75, 3.05) is 21.3 Å². The zero-order valence-corrected chi connectivity index (χ0v) is 18.9. The number of rotatable bonds is 6. The summed E-state index contributed by atoms with van der Waals surface area (Å²) in [5.74, 6) is -0.0383.